The summed E-state index contributed by atoms with van der Waals surface area (Å²) in [5.74, 6) is 0.792. The smallest absolute Gasteiger partial charge is 0.306 e. The van der Waals surface area contributed by atoms with E-state index in [0.717, 1.165) is 23.6 Å². The fourth-order valence-corrected chi connectivity index (χ4v) is 4.19. The third kappa shape index (κ3) is 7.01. The lowest BCUT2D eigenvalue weighted by molar-refractivity contribution is 0.306. The van der Waals surface area contributed by atoms with E-state index >= 15 is 0 Å². The molecular weight excluding hydrogens is 438 g/mol. The van der Waals surface area contributed by atoms with Crippen molar-refractivity contribution in [3.8, 4) is 11.5 Å². The van der Waals surface area contributed by atoms with Crippen molar-refractivity contribution in [2.24, 2.45) is 0 Å². The van der Waals surface area contributed by atoms with E-state index in [1.54, 1.807) is 24.3 Å². The van der Waals surface area contributed by atoms with Crippen molar-refractivity contribution in [1.29, 1.82) is 0 Å². The molecule has 0 amide bonds. The maximum atomic E-state index is 12.4. The second kappa shape index (κ2) is 9.40. The number of hydrogen-bond donors (Lipinski definition) is 0. The van der Waals surface area contributed by atoms with Crippen LogP contribution in [0.2, 0.25) is 0 Å². The number of ether oxygens (including phenoxy) is 1. The van der Waals surface area contributed by atoms with Gasteiger partial charge in [0.2, 0.25) is 10.0 Å². The van der Waals surface area contributed by atoms with Gasteiger partial charge < -0.3 is 8.92 Å². The van der Waals surface area contributed by atoms with E-state index in [1.165, 1.54) is 28.6 Å². The van der Waals surface area contributed by atoms with Crippen molar-refractivity contribution in [2.75, 3.05) is 16.8 Å². The van der Waals surface area contributed by atoms with Crippen molar-refractivity contribution in [2.45, 2.75) is 13.2 Å². The normalized spacial score (nSPS) is 11.7. The second-order valence-electron chi connectivity index (χ2n) is 6.97. The Morgan fingerprint density at radius 1 is 0.710 bits per heavy atom. The summed E-state index contributed by atoms with van der Waals surface area (Å²) >= 11 is 0. The van der Waals surface area contributed by atoms with Crippen LogP contribution in [-0.4, -0.2) is 29.3 Å². The van der Waals surface area contributed by atoms with Gasteiger partial charge in [-0.15, -0.1) is 0 Å². The summed E-state index contributed by atoms with van der Waals surface area (Å²) in [5, 5.41) is 0. The topological polar surface area (TPSA) is 90.0 Å². The average Bonchev–Trinajstić information content (AvgIpc) is 2.71. The number of sulfonamides is 1. The van der Waals surface area contributed by atoms with E-state index < -0.39 is 20.1 Å². The molecule has 3 aromatic rings. The monoisotopic (exact) mass is 461 g/mol. The van der Waals surface area contributed by atoms with Gasteiger partial charge in [0.25, 0.3) is 0 Å². The molecule has 0 aliphatic rings. The van der Waals surface area contributed by atoms with E-state index in [1.807, 2.05) is 30.3 Å². The molecule has 0 aromatic heterocycles. The number of rotatable bonds is 9. The van der Waals surface area contributed by atoms with Crippen LogP contribution in [0.4, 0.5) is 5.69 Å². The highest BCUT2D eigenvalue weighted by Crippen LogP contribution is 2.25. The zero-order valence-corrected chi connectivity index (χ0v) is 18.8. The zero-order chi connectivity index (χ0) is 22.5. The summed E-state index contributed by atoms with van der Waals surface area (Å²) in [7, 11) is -7.24. The molecule has 0 aliphatic heterocycles. The molecule has 0 aliphatic carbocycles. The summed E-state index contributed by atoms with van der Waals surface area (Å²) < 4.78 is 59.0. The fourth-order valence-electron chi connectivity index (χ4n) is 2.84. The van der Waals surface area contributed by atoms with Gasteiger partial charge in [-0.1, -0.05) is 42.5 Å². The van der Waals surface area contributed by atoms with Gasteiger partial charge in [-0.3, -0.25) is 4.31 Å². The molecule has 0 spiro atoms. The average molecular weight is 462 g/mol. The van der Waals surface area contributed by atoms with Gasteiger partial charge in [-0.25, -0.2) is 8.42 Å². The molecule has 0 saturated carbocycles. The predicted molar refractivity (Wildman–Crippen MR) is 120 cm³/mol. The van der Waals surface area contributed by atoms with Crippen molar-refractivity contribution in [3.05, 3.63) is 90.0 Å². The van der Waals surface area contributed by atoms with Crippen LogP contribution in [0.15, 0.2) is 78.9 Å². The maximum absolute atomic E-state index is 12.4. The van der Waals surface area contributed by atoms with Crippen LogP contribution in [0.3, 0.4) is 0 Å². The minimum Gasteiger partial charge on any atom is -0.489 e. The summed E-state index contributed by atoms with van der Waals surface area (Å²) in [6.45, 7) is 0.557. The Morgan fingerprint density at radius 3 is 1.84 bits per heavy atom. The Labute approximate surface area is 183 Å². The van der Waals surface area contributed by atoms with E-state index in [9.17, 15) is 16.8 Å². The molecule has 7 nitrogen and oxygen atoms in total. The van der Waals surface area contributed by atoms with Crippen molar-refractivity contribution in [1.82, 2.24) is 0 Å². The van der Waals surface area contributed by atoms with Crippen molar-refractivity contribution < 1.29 is 25.8 Å². The highest BCUT2D eigenvalue weighted by molar-refractivity contribution is 7.92. The Balaban J connectivity index is 1.71. The van der Waals surface area contributed by atoms with Gasteiger partial charge in [0.05, 0.1) is 24.7 Å². The van der Waals surface area contributed by atoms with Gasteiger partial charge in [-0.2, -0.15) is 8.42 Å². The molecule has 0 N–H and O–H groups in total. The summed E-state index contributed by atoms with van der Waals surface area (Å²) in [6, 6.07) is 22.8. The quantitative estimate of drug-likeness (QED) is 0.453. The van der Waals surface area contributed by atoms with E-state index in [2.05, 4.69) is 0 Å². The molecule has 31 heavy (non-hydrogen) atoms. The van der Waals surface area contributed by atoms with Gasteiger partial charge in [0.1, 0.15) is 18.1 Å². The highest BCUT2D eigenvalue weighted by atomic mass is 32.2. The minimum atomic E-state index is -3.66. The Morgan fingerprint density at radius 2 is 1.29 bits per heavy atom. The lowest BCUT2D eigenvalue weighted by Crippen LogP contribution is -2.29. The molecule has 0 bridgehead atoms. The van der Waals surface area contributed by atoms with Crippen LogP contribution in [0.5, 0.6) is 11.5 Å². The van der Waals surface area contributed by atoms with E-state index in [4.69, 9.17) is 8.92 Å². The number of anilines is 1. The fraction of sp³-hybridized carbons (Fsp3) is 0.182. The Bertz CT molecular complexity index is 1210. The molecule has 3 aromatic carbocycles. The molecule has 0 fully saturated rings. The third-order valence-electron chi connectivity index (χ3n) is 4.27. The summed E-state index contributed by atoms with van der Waals surface area (Å²) in [6.07, 6.45) is 2.06. The Kier molecular flexibility index (Phi) is 6.87. The third-order valence-corrected chi connectivity index (χ3v) is 5.91. The van der Waals surface area contributed by atoms with Gasteiger partial charge in [-0.05, 0) is 47.5 Å². The standard InChI is InChI=1S/C22H23NO6S2/c1-30(24,25)23(20-10-14-22(15-11-20)29-31(2,26)27)16-18-8-12-21(13-9-18)28-17-19-6-4-3-5-7-19/h3-15H,16-17H2,1-2H3. The lowest BCUT2D eigenvalue weighted by Gasteiger charge is -2.23. The number of nitrogens with zero attached hydrogens (tertiary/aromatic N) is 1. The molecule has 0 unspecified atom stereocenters. The van der Waals surface area contributed by atoms with Gasteiger partial charge in [0.15, 0.2) is 0 Å². The van der Waals surface area contributed by atoms with Crippen LogP contribution in [0.25, 0.3) is 0 Å². The van der Waals surface area contributed by atoms with Crippen LogP contribution in [-0.2, 0) is 33.3 Å². The van der Waals surface area contributed by atoms with Gasteiger partial charge in [0, 0.05) is 0 Å². The molecule has 164 valence electrons. The second-order valence-corrected chi connectivity index (χ2v) is 10.5. The SMILES string of the molecule is CS(=O)(=O)Oc1ccc(N(Cc2ccc(OCc3ccccc3)cc2)S(C)(=O)=O)cc1. The first-order valence-corrected chi connectivity index (χ1v) is 13.0. The molecule has 9 heteroatoms. The first kappa shape index (κ1) is 22.6. The molecule has 0 atom stereocenters. The van der Waals surface area contributed by atoms with Crippen LogP contribution in [0.1, 0.15) is 11.1 Å². The minimum absolute atomic E-state index is 0.111. The largest absolute Gasteiger partial charge is 0.489 e. The zero-order valence-electron chi connectivity index (χ0n) is 17.1. The van der Waals surface area contributed by atoms with Crippen LogP contribution < -0.4 is 13.2 Å². The summed E-state index contributed by atoms with van der Waals surface area (Å²) in [4.78, 5) is 0. The van der Waals surface area contributed by atoms with E-state index in [0.29, 0.717) is 18.0 Å². The Hall–Kier alpha value is -3.04. The van der Waals surface area contributed by atoms with Crippen LogP contribution in [0, 0.1) is 0 Å². The molecule has 0 saturated heterocycles. The first-order valence-electron chi connectivity index (χ1n) is 9.33. The maximum Gasteiger partial charge on any atom is 0.306 e. The van der Waals surface area contributed by atoms with Crippen molar-refractivity contribution in [3.63, 3.8) is 0 Å². The van der Waals surface area contributed by atoms with E-state index in [-0.39, 0.29) is 12.3 Å². The molecule has 0 heterocycles. The predicted octanol–water partition coefficient (Wildman–Crippen LogP) is 3.57. The number of benzene rings is 3. The highest BCUT2D eigenvalue weighted by Gasteiger charge is 2.18. The van der Waals surface area contributed by atoms with Gasteiger partial charge >= 0.3 is 10.1 Å². The lowest BCUT2D eigenvalue weighted by atomic mass is 10.2. The van der Waals surface area contributed by atoms with Crippen molar-refractivity contribution >= 4 is 25.8 Å². The first-order chi connectivity index (χ1) is 14.6. The molecular formula is C22H23NO6S2. The summed E-state index contributed by atoms with van der Waals surface area (Å²) in [5.41, 5.74) is 2.22. The number of hydrogen-bond acceptors (Lipinski definition) is 6. The van der Waals surface area contributed by atoms with Crippen LogP contribution >= 0.6 is 0 Å². The molecule has 3 rings (SSSR count). The molecule has 0 radical (unpaired) electrons.